The van der Waals surface area contributed by atoms with E-state index in [4.69, 9.17) is 0 Å². The number of hydrogen-bond donors (Lipinski definition) is 0. The number of piperidine rings is 1. The van der Waals surface area contributed by atoms with Gasteiger partial charge in [0.2, 0.25) is 0 Å². The maximum Gasteiger partial charge on any atom is 0.195 e. The first-order chi connectivity index (χ1) is 17.4. The maximum absolute atomic E-state index is 13.6. The second-order valence-corrected chi connectivity index (χ2v) is 10.5. The van der Waals surface area contributed by atoms with Crippen molar-refractivity contribution in [2.75, 3.05) is 18.0 Å². The first-order valence-corrected chi connectivity index (χ1v) is 13.3. The van der Waals surface area contributed by atoms with Crippen molar-refractivity contribution in [3.63, 3.8) is 0 Å². The number of nitrogens with zero attached hydrogens (tertiary/aromatic N) is 5. The molecule has 1 aliphatic rings. The number of aryl methyl sites for hydroxylation is 3. The fourth-order valence-corrected chi connectivity index (χ4v) is 5.74. The quantitative estimate of drug-likeness (QED) is 0.304. The molecule has 5 rings (SSSR count). The van der Waals surface area contributed by atoms with Gasteiger partial charge in [-0.3, -0.25) is 19.7 Å². The molecule has 0 radical (unpaired) electrons. The Balaban J connectivity index is 1.51. The lowest BCUT2D eigenvalue weighted by Crippen LogP contribution is -2.48. The van der Waals surface area contributed by atoms with Crippen LogP contribution in [0.3, 0.4) is 0 Å². The van der Waals surface area contributed by atoms with Crippen LogP contribution >= 0.6 is 15.9 Å². The van der Waals surface area contributed by atoms with Crippen molar-refractivity contribution in [3.8, 4) is 0 Å². The monoisotopic (exact) mass is 545 g/mol. The summed E-state index contributed by atoms with van der Waals surface area (Å²) < 4.78 is 2.92. The average Bonchev–Trinajstić information content (AvgIpc) is 2.90. The summed E-state index contributed by atoms with van der Waals surface area (Å²) in [7, 11) is 2.01. The molecule has 0 unspecified atom stereocenters. The minimum atomic E-state index is 0.0990. The average molecular weight is 547 g/mol. The molecule has 4 heterocycles. The normalized spacial score (nSPS) is 16.1. The van der Waals surface area contributed by atoms with Gasteiger partial charge < -0.3 is 9.47 Å². The highest BCUT2D eigenvalue weighted by Crippen LogP contribution is 2.27. The van der Waals surface area contributed by atoms with Crippen molar-refractivity contribution >= 4 is 32.5 Å². The van der Waals surface area contributed by atoms with Gasteiger partial charge in [0.1, 0.15) is 0 Å². The van der Waals surface area contributed by atoms with E-state index in [9.17, 15) is 4.79 Å². The molecule has 1 fully saturated rings. The molecule has 186 valence electrons. The van der Waals surface area contributed by atoms with Crippen LogP contribution in [0.25, 0.3) is 10.9 Å². The first-order valence-electron chi connectivity index (χ1n) is 12.5. The molecular formula is C29H32BrN5O. The maximum atomic E-state index is 13.6. The Hall–Kier alpha value is -3.03. The third-order valence-electron chi connectivity index (χ3n) is 7.21. The van der Waals surface area contributed by atoms with Crippen LogP contribution in [0.4, 0.5) is 5.69 Å². The second-order valence-electron chi connectivity index (χ2n) is 9.78. The van der Waals surface area contributed by atoms with Crippen LogP contribution in [0.2, 0.25) is 0 Å². The number of halogens is 1. The third kappa shape index (κ3) is 5.08. The number of benzene rings is 1. The Bertz CT molecular complexity index is 1430. The lowest BCUT2D eigenvalue weighted by molar-refractivity contribution is 0.157. The van der Waals surface area contributed by atoms with E-state index in [0.29, 0.717) is 12.6 Å². The van der Waals surface area contributed by atoms with E-state index in [1.165, 1.54) is 5.56 Å². The number of hydrogen-bond acceptors (Lipinski definition) is 5. The van der Waals surface area contributed by atoms with Crippen LogP contribution in [-0.4, -0.2) is 38.6 Å². The van der Waals surface area contributed by atoms with Crippen LogP contribution < -0.4 is 10.3 Å². The van der Waals surface area contributed by atoms with Crippen molar-refractivity contribution in [1.82, 2.24) is 19.4 Å². The summed E-state index contributed by atoms with van der Waals surface area (Å²) in [6.45, 7) is 7.30. The van der Waals surface area contributed by atoms with Crippen LogP contribution in [0, 0.1) is 13.8 Å². The molecule has 0 amide bonds. The standard InChI is InChI=1S/C29H32BrN5O/c1-20-10-11-23(16-32-20)34-14-6-7-24(18-34)35(17-22-12-13-31-21(2)15-22)19-26-28(36)25-8-4-5-9-27(25)33(3)29(26)30/h4-5,8-13,15-16,24H,6-7,14,17-19H2,1-3H3/t24-/m0/s1. The number of rotatable bonds is 6. The predicted octanol–water partition coefficient (Wildman–Crippen LogP) is 5.38. The molecule has 1 atom stereocenters. The molecule has 36 heavy (non-hydrogen) atoms. The molecule has 1 aromatic carbocycles. The fourth-order valence-electron chi connectivity index (χ4n) is 5.25. The van der Waals surface area contributed by atoms with Gasteiger partial charge in [-0.2, -0.15) is 0 Å². The third-order valence-corrected chi connectivity index (χ3v) is 8.22. The molecule has 0 bridgehead atoms. The van der Waals surface area contributed by atoms with Gasteiger partial charge in [-0.05, 0) is 84.6 Å². The van der Waals surface area contributed by atoms with E-state index in [2.05, 4.69) is 64.5 Å². The Kier molecular flexibility index (Phi) is 7.21. The summed E-state index contributed by atoms with van der Waals surface area (Å²) in [6.07, 6.45) is 6.04. The van der Waals surface area contributed by atoms with E-state index in [1.807, 2.05) is 57.6 Å². The van der Waals surface area contributed by atoms with Gasteiger partial charge in [0.15, 0.2) is 5.43 Å². The van der Waals surface area contributed by atoms with Crippen LogP contribution in [-0.2, 0) is 20.1 Å². The smallest absolute Gasteiger partial charge is 0.195 e. The molecule has 1 saturated heterocycles. The SMILES string of the molecule is Cc1ccc(N2CCC[C@H](N(Cc3ccnc(C)c3)Cc3c(Br)n(C)c4ccccc4c3=O)C2)cn1. The Morgan fingerprint density at radius 2 is 1.89 bits per heavy atom. The number of aromatic nitrogens is 3. The van der Waals surface area contributed by atoms with Crippen molar-refractivity contribution in [1.29, 1.82) is 0 Å². The zero-order valence-corrected chi connectivity index (χ0v) is 22.7. The molecule has 6 nitrogen and oxygen atoms in total. The lowest BCUT2D eigenvalue weighted by atomic mass is 10.0. The molecule has 3 aromatic heterocycles. The molecule has 4 aromatic rings. The topological polar surface area (TPSA) is 54.3 Å². The van der Waals surface area contributed by atoms with Gasteiger partial charge in [-0.15, -0.1) is 0 Å². The molecule has 0 saturated carbocycles. The summed E-state index contributed by atoms with van der Waals surface area (Å²) in [5, 5.41) is 0.758. The fraction of sp³-hybridized carbons (Fsp3) is 0.345. The predicted molar refractivity (Wildman–Crippen MR) is 149 cm³/mol. The highest BCUT2D eigenvalue weighted by molar-refractivity contribution is 9.10. The summed E-state index contributed by atoms with van der Waals surface area (Å²) in [6, 6.07) is 16.6. The summed E-state index contributed by atoms with van der Waals surface area (Å²) in [5.74, 6) is 0. The van der Waals surface area contributed by atoms with Crippen molar-refractivity contribution < 1.29 is 0 Å². The summed E-state index contributed by atoms with van der Waals surface area (Å²) in [5.41, 5.74) is 6.24. The lowest BCUT2D eigenvalue weighted by Gasteiger charge is -2.40. The van der Waals surface area contributed by atoms with E-state index in [-0.39, 0.29) is 5.43 Å². The first kappa shape index (κ1) is 24.7. The van der Waals surface area contributed by atoms with Crippen LogP contribution in [0.1, 0.15) is 35.4 Å². The second kappa shape index (κ2) is 10.5. The molecular weight excluding hydrogens is 514 g/mol. The number of para-hydroxylation sites is 1. The largest absolute Gasteiger partial charge is 0.369 e. The number of pyridine rings is 3. The number of anilines is 1. The van der Waals surface area contributed by atoms with Gasteiger partial charge in [0, 0.05) is 67.8 Å². The van der Waals surface area contributed by atoms with Crippen LogP contribution in [0.5, 0.6) is 0 Å². The van der Waals surface area contributed by atoms with Crippen molar-refractivity contribution in [3.05, 3.63) is 98.3 Å². The Morgan fingerprint density at radius 1 is 1.06 bits per heavy atom. The zero-order chi connectivity index (χ0) is 25.2. The van der Waals surface area contributed by atoms with E-state index in [0.717, 1.165) is 70.6 Å². The Labute approximate surface area is 220 Å². The summed E-state index contributed by atoms with van der Waals surface area (Å²) >= 11 is 3.76. The van der Waals surface area contributed by atoms with Crippen LogP contribution in [0.15, 0.2) is 70.3 Å². The van der Waals surface area contributed by atoms with E-state index in [1.54, 1.807) is 0 Å². The highest BCUT2D eigenvalue weighted by atomic mass is 79.9. The van der Waals surface area contributed by atoms with E-state index >= 15 is 0 Å². The molecule has 0 N–H and O–H groups in total. The Morgan fingerprint density at radius 3 is 2.67 bits per heavy atom. The highest BCUT2D eigenvalue weighted by Gasteiger charge is 2.28. The van der Waals surface area contributed by atoms with Crippen molar-refractivity contribution in [2.45, 2.75) is 45.8 Å². The minimum Gasteiger partial charge on any atom is -0.369 e. The summed E-state index contributed by atoms with van der Waals surface area (Å²) in [4.78, 5) is 27.4. The zero-order valence-electron chi connectivity index (χ0n) is 21.1. The minimum absolute atomic E-state index is 0.0990. The van der Waals surface area contributed by atoms with Crippen molar-refractivity contribution in [2.24, 2.45) is 7.05 Å². The number of fused-ring (bicyclic) bond motifs is 1. The van der Waals surface area contributed by atoms with Gasteiger partial charge in [-0.1, -0.05) is 12.1 Å². The molecule has 7 heteroatoms. The molecule has 0 aliphatic carbocycles. The van der Waals surface area contributed by atoms with Gasteiger partial charge >= 0.3 is 0 Å². The van der Waals surface area contributed by atoms with Gasteiger partial charge in [0.25, 0.3) is 0 Å². The van der Waals surface area contributed by atoms with E-state index < -0.39 is 0 Å². The van der Waals surface area contributed by atoms with Gasteiger partial charge in [-0.25, -0.2) is 0 Å². The molecule has 0 spiro atoms. The van der Waals surface area contributed by atoms with Gasteiger partial charge in [0.05, 0.1) is 22.0 Å². The molecule has 1 aliphatic heterocycles.